The first-order chi connectivity index (χ1) is 9.28. The van der Waals surface area contributed by atoms with Crippen molar-refractivity contribution in [2.24, 2.45) is 0 Å². The van der Waals surface area contributed by atoms with Crippen LogP contribution in [0.4, 0.5) is 0 Å². The molecule has 98 valence electrons. The highest BCUT2D eigenvalue weighted by atomic mass is 15.0. The number of fused-ring (bicyclic) bond motifs is 1. The molecule has 1 N–H and O–H groups in total. The molecule has 0 fully saturated rings. The molecule has 1 aromatic heterocycles. The minimum Gasteiger partial charge on any atom is -0.303 e. The first kappa shape index (κ1) is 12.4. The molecular weight excluding hydrogens is 232 g/mol. The van der Waals surface area contributed by atoms with Gasteiger partial charge in [-0.2, -0.15) is 0 Å². The van der Waals surface area contributed by atoms with Crippen LogP contribution in [0, 0.1) is 6.92 Å². The van der Waals surface area contributed by atoms with E-state index in [1.165, 1.54) is 22.3 Å². The van der Waals surface area contributed by atoms with Crippen LogP contribution >= 0.6 is 0 Å². The van der Waals surface area contributed by atoms with Crippen molar-refractivity contribution >= 4 is 0 Å². The van der Waals surface area contributed by atoms with E-state index in [1.807, 2.05) is 18.5 Å². The summed E-state index contributed by atoms with van der Waals surface area (Å²) in [5, 5.41) is 3.76. The van der Waals surface area contributed by atoms with Crippen LogP contribution in [0.5, 0.6) is 0 Å². The number of rotatable bonds is 2. The second-order valence-corrected chi connectivity index (χ2v) is 5.40. The van der Waals surface area contributed by atoms with Gasteiger partial charge in [-0.25, -0.2) is 0 Å². The Morgan fingerprint density at radius 3 is 2.95 bits per heavy atom. The molecule has 19 heavy (non-hydrogen) atoms. The first-order valence-electron chi connectivity index (χ1n) is 7.03. The van der Waals surface area contributed by atoms with Gasteiger partial charge < -0.3 is 5.32 Å². The zero-order chi connectivity index (χ0) is 13.2. The minimum absolute atomic E-state index is 0.280. The van der Waals surface area contributed by atoms with Gasteiger partial charge in [-0.3, -0.25) is 4.98 Å². The Balaban J connectivity index is 2.07. The van der Waals surface area contributed by atoms with E-state index in [9.17, 15) is 0 Å². The van der Waals surface area contributed by atoms with E-state index in [1.54, 1.807) is 0 Å². The molecule has 2 heteroatoms. The van der Waals surface area contributed by atoms with Crippen molar-refractivity contribution in [3.05, 3.63) is 65.0 Å². The van der Waals surface area contributed by atoms with Crippen LogP contribution in [-0.4, -0.2) is 11.0 Å². The normalized spacial score (nSPS) is 22.0. The van der Waals surface area contributed by atoms with Gasteiger partial charge in [0.1, 0.15) is 0 Å². The molecule has 0 saturated carbocycles. The smallest absolute Gasteiger partial charge is 0.0597 e. The van der Waals surface area contributed by atoms with Crippen molar-refractivity contribution in [2.75, 3.05) is 0 Å². The molecule has 3 rings (SSSR count). The average Bonchev–Trinajstić information content (AvgIpc) is 2.47. The number of nitrogens with one attached hydrogen (secondary N) is 1. The first-order valence-corrected chi connectivity index (χ1v) is 7.03. The molecule has 0 spiro atoms. The Hall–Kier alpha value is -1.67. The second kappa shape index (κ2) is 5.14. The van der Waals surface area contributed by atoms with Gasteiger partial charge in [-0.15, -0.1) is 0 Å². The van der Waals surface area contributed by atoms with Crippen LogP contribution in [0.3, 0.4) is 0 Å². The molecular formula is C17H20N2. The fourth-order valence-corrected chi connectivity index (χ4v) is 2.90. The summed E-state index contributed by atoms with van der Waals surface area (Å²) in [4.78, 5) is 4.27. The lowest BCUT2D eigenvalue weighted by atomic mass is 9.85. The summed E-state index contributed by atoms with van der Waals surface area (Å²) in [6, 6.07) is 11.8. The Labute approximate surface area is 114 Å². The number of aryl methyl sites for hydroxylation is 1. The maximum atomic E-state index is 4.27. The van der Waals surface area contributed by atoms with E-state index in [0.29, 0.717) is 6.04 Å². The Morgan fingerprint density at radius 2 is 2.21 bits per heavy atom. The number of nitrogens with zero attached hydrogens (tertiary/aromatic N) is 1. The van der Waals surface area contributed by atoms with E-state index in [0.717, 1.165) is 12.8 Å². The van der Waals surface area contributed by atoms with Crippen LogP contribution in [-0.2, 0) is 6.42 Å². The van der Waals surface area contributed by atoms with E-state index in [4.69, 9.17) is 0 Å². The lowest BCUT2D eigenvalue weighted by molar-refractivity contribution is 0.427. The molecule has 1 aliphatic rings. The summed E-state index contributed by atoms with van der Waals surface area (Å²) in [7, 11) is 0. The standard InChI is InChI=1S/C17H20N2/c1-3-15-10-13-7-6-12(2)9-16(13)17(19-15)14-5-4-8-18-11-14/h4-9,11,15,17,19H,3,10H2,1-2H3. The van der Waals surface area contributed by atoms with Crippen LogP contribution in [0.25, 0.3) is 0 Å². The molecule has 2 heterocycles. The number of hydrogen-bond acceptors (Lipinski definition) is 2. The lowest BCUT2D eigenvalue weighted by Crippen LogP contribution is -2.39. The highest BCUT2D eigenvalue weighted by Gasteiger charge is 2.26. The Bertz CT molecular complexity index is 563. The fraction of sp³-hybridized carbons (Fsp3) is 0.353. The number of pyridine rings is 1. The van der Waals surface area contributed by atoms with E-state index < -0.39 is 0 Å². The van der Waals surface area contributed by atoms with Gasteiger partial charge in [0.25, 0.3) is 0 Å². The van der Waals surface area contributed by atoms with Crippen molar-refractivity contribution in [1.82, 2.24) is 10.3 Å². The molecule has 0 aliphatic carbocycles. The molecule has 0 saturated heterocycles. The van der Waals surface area contributed by atoms with E-state index in [2.05, 4.69) is 48.4 Å². The van der Waals surface area contributed by atoms with E-state index in [-0.39, 0.29) is 6.04 Å². The van der Waals surface area contributed by atoms with Crippen LogP contribution in [0.2, 0.25) is 0 Å². The maximum Gasteiger partial charge on any atom is 0.0597 e. The van der Waals surface area contributed by atoms with Crippen molar-refractivity contribution in [2.45, 2.75) is 38.8 Å². The van der Waals surface area contributed by atoms with Gasteiger partial charge in [0, 0.05) is 18.4 Å². The molecule has 0 bridgehead atoms. The predicted octanol–water partition coefficient (Wildman–Crippen LogP) is 3.40. The summed E-state index contributed by atoms with van der Waals surface area (Å²) in [6.45, 7) is 4.41. The SMILES string of the molecule is CCC1Cc2ccc(C)cc2C(c2cccnc2)N1. The van der Waals surface area contributed by atoms with Crippen LogP contribution in [0.15, 0.2) is 42.7 Å². The molecule has 2 atom stereocenters. The van der Waals surface area contributed by atoms with Crippen LogP contribution < -0.4 is 5.32 Å². The highest BCUT2D eigenvalue weighted by Crippen LogP contribution is 2.31. The van der Waals surface area contributed by atoms with Crippen molar-refractivity contribution < 1.29 is 0 Å². The quantitative estimate of drug-likeness (QED) is 0.886. The lowest BCUT2D eigenvalue weighted by Gasteiger charge is -2.33. The molecule has 0 radical (unpaired) electrons. The molecule has 2 aromatic rings. The van der Waals surface area contributed by atoms with Crippen molar-refractivity contribution in [3.63, 3.8) is 0 Å². The zero-order valence-electron chi connectivity index (χ0n) is 11.6. The van der Waals surface area contributed by atoms with Crippen molar-refractivity contribution in [1.29, 1.82) is 0 Å². The predicted molar refractivity (Wildman–Crippen MR) is 78.2 cm³/mol. The third kappa shape index (κ3) is 2.41. The average molecular weight is 252 g/mol. The summed E-state index contributed by atoms with van der Waals surface area (Å²) in [5.74, 6) is 0. The maximum absolute atomic E-state index is 4.27. The molecule has 1 aromatic carbocycles. The van der Waals surface area contributed by atoms with Gasteiger partial charge >= 0.3 is 0 Å². The van der Waals surface area contributed by atoms with Gasteiger partial charge in [0.15, 0.2) is 0 Å². The summed E-state index contributed by atoms with van der Waals surface area (Å²) in [5.41, 5.74) is 5.47. The molecule has 2 nitrogen and oxygen atoms in total. The van der Waals surface area contributed by atoms with E-state index >= 15 is 0 Å². The highest BCUT2D eigenvalue weighted by molar-refractivity contribution is 5.41. The minimum atomic E-state index is 0.280. The van der Waals surface area contributed by atoms with Gasteiger partial charge in [-0.1, -0.05) is 36.8 Å². The number of hydrogen-bond donors (Lipinski definition) is 1. The number of aromatic nitrogens is 1. The number of benzene rings is 1. The molecule has 2 unspecified atom stereocenters. The van der Waals surface area contributed by atoms with Crippen LogP contribution in [0.1, 0.15) is 41.6 Å². The third-order valence-corrected chi connectivity index (χ3v) is 3.99. The zero-order valence-corrected chi connectivity index (χ0v) is 11.6. The largest absolute Gasteiger partial charge is 0.303 e. The summed E-state index contributed by atoms with van der Waals surface area (Å²) < 4.78 is 0. The third-order valence-electron chi connectivity index (χ3n) is 3.99. The summed E-state index contributed by atoms with van der Waals surface area (Å²) in [6.07, 6.45) is 6.09. The Morgan fingerprint density at radius 1 is 1.32 bits per heavy atom. The summed E-state index contributed by atoms with van der Waals surface area (Å²) >= 11 is 0. The Kier molecular flexibility index (Phi) is 3.34. The van der Waals surface area contributed by atoms with Crippen molar-refractivity contribution in [3.8, 4) is 0 Å². The topological polar surface area (TPSA) is 24.9 Å². The fourth-order valence-electron chi connectivity index (χ4n) is 2.90. The van der Waals surface area contributed by atoms with Gasteiger partial charge in [0.05, 0.1) is 6.04 Å². The molecule has 1 aliphatic heterocycles. The monoisotopic (exact) mass is 252 g/mol. The van der Waals surface area contributed by atoms with Gasteiger partial charge in [-0.05, 0) is 42.5 Å². The van der Waals surface area contributed by atoms with Gasteiger partial charge in [0.2, 0.25) is 0 Å². The second-order valence-electron chi connectivity index (χ2n) is 5.40. The molecule has 0 amide bonds.